The monoisotopic (exact) mass is 476 g/mol. The minimum Gasteiger partial charge on any atom is -0.478 e. The molecule has 32 heavy (non-hydrogen) atoms. The van der Waals surface area contributed by atoms with Gasteiger partial charge in [0.1, 0.15) is 11.9 Å². The standard InChI is InChI=1S/C21H21ClN4O5S/c1-13-17(21(28)29)10-16(11-23)19(24-13)26-8-6-14(7-9-26)20(27)25-32(30,31)12-15-4-2-3-5-18(15)22/h2-5,10,14H,6-9,12H2,1H3,(H,25,27)(H,28,29). The first-order chi connectivity index (χ1) is 15.1. The van der Waals surface area contributed by atoms with Gasteiger partial charge in [0.2, 0.25) is 15.9 Å². The summed E-state index contributed by atoms with van der Waals surface area (Å²) in [6.07, 6.45) is 0.722. The first kappa shape index (κ1) is 23.5. The first-order valence-corrected chi connectivity index (χ1v) is 11.8. The summed E-state index contributed by atoms with van der Waals surface area (Å²) in [4.78, 5) is 29.9. The Morgan fingerprint density at radius 1 is 1.31 bits per heavy atom. The van der Waals surface area contributed by atoms with Crippen molar-refractivity contribution in [1.82, 2.24) is 9.71 Å². The molecule has 9 nitrogen and oxygen atoms in total. The maximum Gasteiger partial charge on any atom is 0.337 e. The molecule has 2 N–H and O–H groups in total. The number of carboxylic acid groups (broad SMARTS) is 1. The summed E-state index contributed by atoms with van der Waals surface area (Å²) in [6.45, 7) is 2.30. The van der Waals surface area contributed by atoms with E-state index >= 15 is 0 Å². The summed E-state index contributed by atoms with van der Waals surface area (Å²) in [5, 5.41) is 18.9. The second kappa shape index (κ2) is 9.54. The fourth-order valence-corrected chi connectivity index (χ4v) is 5.07. The Kier molecular flexibility index (Phi) is 7.01. The quantitative estimate of drug-likeness (QED) is 0.647. The number of sulfonamides is 1. The van der Waals surface area contributed by atoms with Crippen molar-refractivity contribution >= 4 is 39.3 Å². The van der Waals surface area contributed by atoms with Gasteiger partial charge in [0.05, 0.1) is 22.6 Å². The van der Waals surface area contributed by atoms with Gasteiger partial charge in [-0.25, -0.2) is 18.2 Å². The van der Waals surface area contributed by atoms with Gasteiger partial charge >= 0.3 is 5.97 Å². The Labute approximate surface area is 190 Å². The number of carbonyl (C=O) groups is 2. The van der Waals surface area contributed by atoms with E-state index in [1.54, 1.807) is 36.1 Å². The highest BCUT2D eigenvalue weighted by atomic mass is 35.5. The fourth-order valence-electron chi connectivity index (χ4n) is 3.58. The number of amides is 1. The summed E-state index contributed by atoms with van der Waals surface area (Å²) >= 11 is 6.01. The number of aromatic carboxylic acids is 1. The van der Waals surface area contributed by atoms with E-state index in [9.17, 15) is 28.4 Å². The number of piperidine rings is 1. The molecule has 0 bridgehead atoms. The molecule has 1 amide bonds. The summed E-state index contributed by atoms with van der Waals surface area (Å²) in [5.41, 5.74) is 0.790. The maximum absolute atomic E-state index is 12.6. The van der Waals surface area contributed by atoms with Crippen LogP contribution in [0.1, 0.15) is 40.0 Å². The number of carbonyl (C=O) groups excluding carboxylic acids is 1. The van der Waals surface area contributed by atoms with E-state index < -0.39 is 33.6 Å². The van der Waals surface area contributed by atoms with Crippen LogP contribution in [0, 0.1) is 24.2 Å². The predicted molar refractivity (Wildman–Crippen MR) is 118 cm³/mol. The van der Waals surface area contributed by atoms with E-state index in [2.05, 4.69) is 9.71 Å². The molecule has 2 heterocycles. The fraction of sp³-hybridized carbons (Fsp3) is 0.333. The molecular formula is C21H21ClN4O5S. The van der Waals surface area contributed by atoms with Gasteiger partial charge in [0.15, 0.2) is 0 Å². The van der Waals surface area contributed by atoms with E-state index in [4.69, 9.17) is 11.6 Å². The van der Waals surface area contributed by atoms with E-state index in [1.165, 1.54) is 6.07 Å². The summed E-state index contributed by atoms with van der Waals surface area (Å²) in [5.74, 6) is -2.30. The Hall–Kier alpha value is -3.16. The SMILES string of the molecule is Cc1nc(N2CCC(C(=O)NS(=O)(=O)Cc3ccccc3Cl)CC2)c(C#N)cc1C(=O)O. The van der Waals surface area contributed by atoms with Crippen LogP contribution >= 0.6 is 11.6 Å². The molecule has 0 unspecified atom stereocenters. The third-order valence-corrected chi connectivity index (χ3v) is 6.84. The van der Waals surface area contributed by atoms with Crippen molar-refractivity contribution in [3.63, 3.8) is 0 Å². The van der Waals surface area contributed by atoms with Crippen LogP contribution in [0.25, 0.3) is 0 Å². The average molecular weight is 477 g/mol. The summed E-state index contributed by atoms with van der Waals surface area (Å²) in [6, 6.07) is 9.79. The number of hydrogen-bond donors (Lipinski definition) is 2. The van der Waals surface area contributed by atoms with Crippen LogP contribution in [0.3, 0.4) is 0 Å². The van der Waals surface area contributed by atoms with Crippen LogP contribution in [0.4, 0.5) is 5.82 Å². The number of hydrogen-bond acceptors (Lipinski definition) is 7. The topological polar surface area (TPSA) is 140 Å². The van der Waals surface area contributed by atoms with E-state index in [0.29, 0.717) is 42.3 Å². The molecule has 1 aliphatic rings. The van der Waals surface area contributed by atoms with Crippen LogP contribution in [-0.4, -0.2) is 43.5 Å². The molecule has 11 heteroatoms. The number of aromatic nitrogens is 1. The molecule has 0 spiro atoms. The van der Waals surface area contributed by atoms with Crippen LogP contribution in [0.2, 0.25) is 5.02 Å². The third-order valence-electron chi connectivity index (χ3n) is 5.27. The number of nitriles is 1. The number of nitrogens with zero attached hydrogens (tertiary/aromatic N) is 3. The molecular weight excluding hydrogens is 456 g/mol. The van der Waals surface area contributed by atoms with Gasteiger partial charge in [0, 0.05) is 24.0 Å². The Bertz CT molecular complexity index is 1200. The van der Waals surface area contributed by atoms with Crippen molar-refractivity contribution in [1.29, 1.82) is 5.26 Å². The molecule has 1 aliphatic heterocycles. The summed E-state index contributed by atoms with van der Waals surface area (Å²) in [7, 11) is -3.91. The van der Waals surface area contributed by atoms with Gasteiger partial charge in [-0.1, -0.05) is 29.8 Å². The predicted octanol–water partition coefficient (Wildman–Crippen LogP) is 2.48. The van der Waals surface area contributed by atoms with E-state index in [-0.39, 0.29) is 16.8 Å². The van der Waals surface area contributed by atoms with Crippen LogP contribution < -0.4 is 9.62 Å². The number of pyridine rings is 1. The number of nitrogens with one attached hydrogen (secondary N) is 1. The minimum absolute atomic E-state index is 0.0386. The Morgan fingerprint density at radius 2 is 1.97 bits per heavy atom. The van der Waals surface area contributed by atoms with Crippen LogP contribution in [0.15, 0.2) is 30.3 Å². The molecule has 168 valence electrons. The molecule has 1 aromatic heterocycles. The van der Waals surface area contributed by atoms with E-state index in [1.807, 2.05) is 6.07 Å². The lowest BCUT2D eigenvalue weighted by atomic mass is 9.96. The molecule has 0 saturated carbocycles. The zero-order chi connectivity index (χ0) is 23.5. The van der Waals surface area contributed by atoms with Gasteiger partial charge in [-0.3, -0.25) is 9.52 Å². The number of carboxylic acids is 1. The third kappa shape index (κ3) is 5.36. The zero-order valence-electron chi connectivity index (χ0n) is 17.2. The van der Waals surface area contributed by atoms with Crippen molar-refractivity contribution in [3.8, 4) is 6.07 Å². The van der Waals surface area contributed by atoms with Crippen LogP contribution in [-0.2, 0) is 20.6 Å². The number of halogens is 1. The van der Waals surface area contributed by atoms with Gasteiger partial charge in [0.25, 0.3) is 0 Å². The van der Waals surface area contributed by atoms with E-state index in [0.717, 1.165) is 0 Å². The lowest BCUT2D eigenvalue weighted by Crippen LogP contribution is -2.43. The lowest BCUT2D eigenvalue weighted by Gasteiger charge is -2.32. The second-order valence-electron chi connectivity index (χ2n) is 7.49. The number of rotatable bonds is 6. The van der Waals surface area contributed by atoms with Gasteiger partial charge in [-0.2, -0.15) is 5.26 Å². The first-order valence-electron chi connectivity index (χ1n) is 9.79. The van der Waals surface area contributed by atoms with Crippen molar-refractivity contribution in [2.75, 3.05) is 18.0 Å². The smallest absolute Gasteiger partial charge is 0.337 e. The molecule has 3 rings (SSSR count). The highest BCUT2D eigenvalue weighted by Gasteiger charge is 2.30. The zero-order valence-corrected chi connectivity index (χ0v) is 18.8. The number of aryl methyl sites for hydroxylation is 1. The molecule has 1 saturated heterocycles. The average Bonchev–Trinajstić information content (AvgIpc) is 2.74. The van der Waals surface area contributed by atoms with Gasteiger partial charge in [-0.15, -0.1) is 0 Å². The van der Waals surface area contributed by atoms with Crippen molar-refractivity contribution in [2.24, 2.45) is 5.92 Å². The Balaban J connectivity index is 1.65. The number of benzene rings is 1. The normalized spacial score (nSPS) is 14.6. The molecule has 1 aromatic carbocycles. The highest BCUT2D eigenvalue weighted by molar-refractivity contribution is 7.89. The van der Waals surface area contributed by atoms with Crippen molar-refractivity contribution in [3.05, 3.63) is 57.7 Å². The molecule has 0 radical (unpaired) electrons. The van der Waals surface area contributed by atoms with Gasteiger partial charge in [-0.05, 0) is 37.5 Å². The Morgan fingerprint density at radius 3 is 2.56 bits per heavy atom. The molecule has 1 fully saturated rings. The summed E-state index contributed by atoms with van der Waals surface area (Å²) < 4.78 is 26.9. The molecule has 0 aliphatic carbocycles. The second-order valence-corrected chi connectivity index (χ2v) is 9.62. The molecule has 0 atom stereocenters. The van der Waals surface area contributed by atoms with Crippen molar-refractivity contribution < 1.29 is 23.1 Å². The van der Waals surface area contributed by atoms with Crippen molar-refractivity contribution in [2.45, 2.75) is 25.5 Å². The minimum atomic E-state index is -3.91. The maximum atomic E-state index is 12.6. The highest BCUT2D eigenvalue weighted by Crippen LogP contribution is 2.27. The largest absolute Gasteiger partial charge is 0.478 e. The van der Waals surface area contributed by atoms with Crippen LogP contribution in [0.5, 0.6) is 0 Å². The lowest BCUT2D eigenvalue weighted by molar-refractivity contribution is -0.123. The number of anilines is 1. The molecule has 2 aromatic rings. The van der Waals surface area contributed by atoms with Gasteiger partial charge < -0.3 is 10.0 Å².